The van der Waals surface area contributed by atoms with Gasteiger partial charge in [-0.1, -0.05) is 0 Å². The minimum Gasteiger partial charge on any atom is -0.398 e. The van der Waals surface area contributed by atoms with Crippen molar-refractivity contribution < 1.29 is 0 Å². The maximum Gasteiger partial charge on any atom is 0.147 e. The second-order valence-electron chi connectivity index (χ2n) is 6.11. The molecule has 0 amide bonds. The Balaban J connectivity index is 2.10. The summed E-state index contributed by atoms with van der Waals surface area (Å²) in [6.07, 6.45) is 8.18. The van der Waals surface area contributed by atoms with Gasteiger partial charge in [-0.3, -0.25) is 9.55 Å². The van der Waals surface area contributed by atoms with E-state index < -0.39 is 0 Å². The Labute approximate surface area is 130 Å². The van der Waals surface area contributed by atoms with Crippen molar-refractivity contribution in [2.24, 2.45) is 0 Å². The minimum atomic E-state index is 0.933. The van der Waals surface area contributed by atoms with Crippen molar-refractivity contribution in [3.63, 3.8) is 0 Å². The smallest absolute Gasteiger partial charge is 0.147 e. The summed E-state index contributed by atoms with van der Waals surface area (Å²) >= 11 is 0. The van der Waals surface area contributed by atoms with Gasteiger partial charge in [0.1, 0.15) is 5.65 Å². The highest BCUT2D eigenvalue weighted by molar-refractivity contribution is 5.96. The summed E-state index contributed by atoms with van der Waals surface area (Å²) in [6.45, 7) is 4.26. The summed E-state index contributed by atoms with van der Waals surface area (Å²) in [6, 6.07) is 4.02. The summed E-state index contributed by atoms with van der Waals surface area (Å²) in [5, 5.41) is 1.11. The Morgan fingerprint density at radius 1 is 1.18 bits per heavy atom. The number of fused-ring (bicyclic) bond motifs is 2. The average Bonchev–Trinajstić information content (AvgIpc) is 2.80. The molecule has 0 unspecified atom stereocenters. The maximum atomic E-state index is 6.53. The van der Waals surface area contributed by atoms with E-state index >= 15 is 0 Å². The number of nitrogen functional groups attached to an aromatic ring is 1. The van der Waals surface area contributed by atoms with Crippen LogP contribution in [0, 0.1) is 13.8 Å². The Bertz CT molecular complexity index is 862. The van der Waals surface area contributed by atoms with Gasteiger partial charge in [-0.15, -0.1) is 0 Å². The highest BCUT2D eigenvalue weighted by atomic mass is 15.1. The lowest BCUT2D eigenvalue weighted by Crippen LogP contribution is -2.10. The van der Waals surface area contributed by atoms with Gasteiger partial charge in [-0.2, -0.15) is 0 Å². The summed E-state index contributed by atoms with van der Waals surface area (Å²) < 4.78 is 2.18. The van der Waals surface area contributed by atoms with Gasteiger partial charge in [0, 0.05) is 28.7 Å². The fourth-order valence-electron chi connectivity index (χ4n) is 3.60. The first kappa shape index (κ1) is 13.3. The van der Waals surface area contributed by atoms with Crippen molar-refractivity contribution >= 4 is 16.7 Å². The minimum absolute atomic E-state index is 0.933. The van der Waals surface area contributed by atoms with Crippen LogP contribution in [0.2, 0.25) is 0 Å². The van der Waals surface area contributed by atoms with Gasteiger partial charge in [0.15, 0.2) is 0 Å². The first-order valence-electron chi connectivity index (χ1n) is 7.87. The molecule has 1 aliphatic carbocycles. The first-order valence-corrected chi connectivity index (χ1v) is 7.87. The summed E-state index contributed by atoms with van der Waals surface area (Å²) in [7, 11) is 0. The molecular weight excluding hydrogens is 272 g/mol. The van der Waals surface area contributed by atoms with Crippen LogP contribution in [0.5, 0.6) is 0 Å². The van der Waals surface area contributed by atoms with Crippen molar-refractivity contribution in [2.45, 2.75) is 39.5 Å². The Kier molecular flexibility index (Phi) is 2.93. The van der Waals surface area contributed by atoms with Gasteiger partial charge in [0.25, 0.3) is 0 Å². The topological polar surface area (TPSA) is 56.7 Å². The number of nitrogens with zero attached hydrogens (tertiary/aromatic N) is 3. The number of pyridine rings is 2. The largest absolute Gasteiger partial charge is 0.398 e. The molecule has 4 nitrogen and oxygen atoms in total. The zero-order valence-electron chi connectivity index (χ0n) is 13.1. The molecule has 0 saturated heterocycles. The van der Waals surface area contributed by atoms with Gasteiger partial charge in [0.2, 0.25) is 0 Å². The third-order valence-corrected chi connectivity index (χ3v) is 4.87. The lowest BCUT2D eigenvalue weighted by atomic mass is 9.93. The van der Waals surface area contributed by atoms with Crippen LogP contribution in [-0.4, -0.2) is 14.5 Å². The number of aryl methyl sites for hydroxylation is 2. The Hall–Kier alpha value is -2.36. The van der Waals surface area contributed by atoms with Gasteiger partial charge in [0.05, 0.1) is 11.9 Å². The summed E-state index contributed by atoms with van der Waals surface area (Å²) in [5.41, 5.74) is 14.3. The molecule has 3 aromatic rings. The van der Waals surface area contributed by atoms with Crippen LogP contribution in [-0.2, 0) is 12.8 Å². The molecular formula is C18H20N4. The number of aromatic nitrogens is 3. The van der Waals surface area contributed by atoms with Crippen molar-refractivity contribution in [1.82, 2.24) is 14.5 Å². The Morgan fingerprint density at radius 3 is 2.77 bits per heavy atom. The molecule has 0 saturated carbocycles. The van der Waals surface area contributed by atoms with Crippen molar-refractivity contribution in [1.29, 1.82) is 0 Å². The molecule has 1 aliphatic rings. The molecule has 3 aromatic heterocycles. The lowest BCUT2D eigenvalue weighted by molar-refractivity contribution is 0.672. The molecule has 0 atom stereocenters. The molecule has 0 radical (unpaired) electrons. The quantitative estimate of drug-likeness (QED) is 0.747. The highest BCUT2D eigenvalue weighted by Crippen LogP contribution is 2.36. The van der Waals surface area contributed by atoms with Crippen LogP contribution < -0.4 is 5.73 Å². The molecule has 3 heterocycles. The molecule has 0 bridgehead atoms. The van der Waals surface area contributed by atoms with Crippen molar-refractivity contribution in [2.75, 3.05) is 5.73 Å². The second-order valence-corrected chi connectivity index (χ2v) is 6.11. The van der Waals surface area contributed by atoms with E-state index in [-0.39, 0.29) is 0 Å². The molecule has 4 heteroatoms. The van der Waals surface area contributed by atoms with Crippen LogP contribution >= 0.6 is 0 Å². The number of nitrogens with two attached hydrogens (primary N) is 1. The van der Waals surface area contributed by atoms with Crippen LogP contribution in [0.15, 0.2) is 24.5 Å². The van der Waals surface area contributed by atoms with E-state index in [4.69, 9.17) is 10.7 Å². The number of rotatable bonds is 1. The van der Waals surface area contributed by atoms with E-state index in [1.807, 2.05) is 12.3 Å². The zero-order valence-corrected chi connectivity index (χ0v) is 13.1. The molecule has 0 aliphatic heterocycles. The van der Waals surface area contributed by atoms with E-state index in [1.54, 1.807) is 6.20 Å². The third-order valence-electron chi connectivity index (χ3n) is 4.87. The first-order chi connectivity index (χ1) is 10.7. The molecule has 2 N–H and O–H groups in total. The molecule has 112 valence electrons. The molecule has 4 rings (SSSR count). The number of hydrogen-bond donors (Lipinski definition) is 1. The molecule has 22 heavy (non-hydrogen) atoms. The monoisotopic (exact) mass is 292 g/mol. The fourth-order valence-corrected chi connectivity index (χ4v) is 3.60. The van der Waals surface area contributed by atoms with Gasteiger partial charge in [-0.25, -0.2) is 4.98 Å². The van der Waals surface area contributed by atoms with Gasteiger partial charge >= 0.3 is 0 Å². The van der Waals surface area contributed by atoms with E-state index in [0.717, 1.165) is 35.2 Å². The normalized spacial score (nSPS) is 14.3. The van der Waals surface area contributed by atoms with E-state index in [9.17, 15) is 0 Å². The van der Waals surface area contributed by atoms with E-state index in [1.165, 1.54) is 35.4 Å². The van der Waals surface area contributed by atoms with Crippen molar-refractivity contribution in [3.05, 3.63) is 47.0 Å². The standard InChI is InChI=1S/C18H20N4/c1-11-12(2)22(13-6-5-9-20-10-13)18-16(11)17(19)14-7-3-4-8-15(14)21-18/h5-6,9-10H,3-4,7-8H2,1-2H3,(H2,19,21). The predicted octanol–water partition coefficient (Wildman–Crippen LogP) is 3.50. The molecule has 0 spiro atoms. The highest BCUT2D eigenvalue weighted by Gasteiger charge is 2.22. The third kappa shape index (κ3) is 1.76. The summed E-state index contributed by atoms with van der Waals surface area (Å²) in [4.78, 5) is 9.24. The van der Waals surface area contributed by atoms with Crippen LogP contribution in [0.1, 0.15) is 35.4 Å². The molecule has 0 fully saturated rings. The maximum absolute atomic E-state index is 6.53. The lowest BCUT2D eigenvalue weighted by Gasteiger charge is -2.18. The number of hydrogen-bond acceptors (Lipinski definition) is 3. The zero-order chi connectivity index (χ0) is 15.3. The van der Waals surface area contributed by atoms with Crippen LogP contribution in [0.25, 0.3) is 16.7 Å². The number of anilines is 1. The van der Waals surface area contributed by atoms with E-state index in [2.05, 4.69) is 29.5 Å². The van der Waals surface area contributed by atoms with Gasteiger partial charge < -0.3 is 5.73 Å². The van der Waals surface area contributed by atoms with Crippen LogP contribution in [0.3, 0.4) is 0 Å². The Morgan fingerprint density at radius 2 is 2.00 bits per heavy atom. The SMILES string of the molecule is Cc1c(C)n(-c2cccnc2)c2nc3c(c(N)c12)CCCC3. The average molecular weight is 292 g/mol. The van der Waals surface area contributed by atoms with E-state index in [0.29, 0.717) is 0 Å². The molecule has 0 aromatic carbocycles. The van der Waals surface area contributed by atoms with Crippen molar-refractivity contribution in [3.8, 4) is 5.69 Å². The predicted molar refractivity (Wildman–Crippen MR) is 89.4 cm³/mol. The van der Waals surface area contributed by atoms with Gasteiger partial charge in [-0.05, 0) is 62.8 Å². The summed E-state index contributed by atoms with van der Waals surface area (Å²) in [5.74, 6) is 0. The second kappa shape index (κ2) is 4.83. The van der Waals surface area contributed by atoms with Crippen LogP contribution in [0.4, 0.5) is 5.69 Å². The fraction of sp³-hybridized carbons (Fsp3) is 0.333.